The van der Waals surface area contributed by atoms with Crippen molar-refractivity contribution in [1.82, 2.24) is 9.97 Å². The second-order valence-corrected chi connectivity index (χ2v) is 4.43. The van der Waals surface area contributed by atoms with E-state index in [4.69, 9.17) is 5.11 Å². The molecule has 1 heterocycles. The van der Waals surface area contributed by atoms with E-state index >= 15 is 0 Å². The van der Waals surface area contributed by atoms with E-state index in [0.29, 0.717) is 15.5 Å². The van der Waals surface area contributed by atoms with E-state index in [1.165, 1.54) is 11.8 Å². The van der Waals surface area contributed by atoms with Crippen LogP contribution in [0.15, 0.2) is 46.7 Å². The second kappa shape index (κ2) is 4.97. The average molecular weight is 246 g/mol. The molecule has 0 saturated heterocycles. The third-order valence-corrected chi connectivity index (χ3v) is 3.35. The molecular weight excluding hydrogens is 236 g/mol. The Kier molecular flexibility index (Phi) is 3.39. The molecule has 0 radical (unpaired) electrons. The van der Waals surface area contributed by atoms with Crippen LogP contribution in [0.5, 0.6) is 0 Å². The summed E-state index contributed by atoms with van der Waals surface area (Å²) in [6.45, 7) is 1.88. The van der Waals surface area contributed by atoms with Gasteiger partial charge in [-0.15, -0.1) is 0 Å². The Morgan fingerprint density at radius 3 is 2.82 bits per heavy atom. The van der Waals surface area contributed by atoms with Crippen LogP contribution in [0.3, 0.4) is 0 Å². The summed E-state index contributed by atoms with van der Waals surface area (Å²) in [6, 6.07) is 5.21. The van der Waals surface area contributed by atoms with Gasteiger partial charge in [-0.05, 0) is 18.6 Å². The van der Waals surface area contributed by atoms with Crippen molar-refractivity contribution in [2.24, 2.45) is 0 Å². The lowest BCUT2D eigenvalue weighted by molar-refractivity contribution is 0.0693. The first-order chi connectivity index (χ1) is 8.18. The molecule has 1 N–H and O–H groups in total. The SMILES string of the molecule is Cc1cccc(C(=O)O)c1Sc1cnccn1. The molecule has 0 amide bonds. The summed E-state index contributed by atoms with van der Waals surface area (Å²) in [7, 11) is 0. The highest BCUT2D eigenvalue weighted by Gasteiger charge is 2.13. The lowest BCUT2D eigenvalue weighted by Gasteiger charge is -2.07. The molecule has 0 unspecified atom stereocenters. The van der Waals surface area contributed by atoms with Gasteiger partial charge in [0.15, 0.2) is 0 Å². The van der Waals surface area contributed by atoms with Crippen LogP contribution in [-0.2, 0) is 0 Å². The van der Waals surface area contributed by atoms with E-state index in [-0.39, 0.29) is 0 Å². The van der Waals surface area contributed by atoms with Crippen LogP contribution in [0, 0.1) is 6.92 Å². The summed E-state index contributed by atoms with van der Waals surface area (Å²) in [5.74, 6) is -0.930. The van der Waals surface area contributed by atoms with E-state index in [1.807, 2.05) is 13.0 Å². The zero-order valence-electron chi connectivity index (χ0n) is 9.12. The van der Waals surface area contributed by atoms with Gasteiger partial charge in [0, 0.05) is 17.3 Å². The molecule has 4 nitrogen and oxygen atoms in total. The van der Waals surface area contributed by atoms with Gasteiger partial charge in [-0.3, -0.25) is 4.98 Å². The summed E-state index contributed by atoms with van der Waals surface area (Å²) < 4.78 is 0. The maximum atomic E-state index is 11.1. The normalized spacial score (nSPS) is 10.2. The predicted octanol–water partition coefficient (Wildman–Crippen LogP) is 2.63. The van der Waals surface area contributed by atoms with Crippen LogP contribution in [0.1, 0.15) is 15.9 Å². The highest BCUT2D eigenvalue weighted by Crippen LogP contribution is 2.31. The minimum atomic E-state index is -0.930. The average Bonchev–Trinajstić information content (AvgIpc) is 2.33. The molecular formula is C12H10N2O2S. The van der Waals surface area contributed by atoms with Gasteiger partial charge in [0.2, 0.25) is 0 Å². The van der Waals surface area contributed by atoms with E-state index < -0.39 is 5.97 Å². The topological polar surface area (TPSA) is 63.1 Å². The summed E-state index contributed by atoms with van der Waals surface area (Å²) in [5.41, 5.74) is 1.21. The van der Waals surface area contributed by atoms with Gasteiger partial charge in [0.05, 0.1) is 11.8 Å². The number of benzene rings is 1. The Balaban J connectivity index is 2.41. The van der Waals surface area contributed by atoms with Crippen LogP contribution in [-0.4, -0.2) is 21.0 Å². The molecule has 2 aromatic rings. The number of hydrogen-bond acceptors (Lipinski definition) is 4. The van der Waals surface area contributed by atoms with Crippen molar-refractivity contribution in [3.63, 3.8) is 0 Å². The molecule has 0 bridgehead atoms. The molecule has 0 aliphatic heterocycles. The third-order valence-electron chi connectivity index (χ3n) is 2.19. The molecule has 0 aliphatic rings. The van der Waals surface area contributed by atoms with Crippen molar-refractivity contribution in [1.29, 1.82) is 0 Å². The second-order valence-electron chi connectivity index (χ2n) is 3.40. The Labute approximate surface area is 103 Å². The molecule has 86 valence electrons. The molecule has 5 heteroatoms. The Hall–Kier alpha value is -1.88. The number of aromatic nitrogens is 2. The smallest absolute Gasteiger partial charge is 0.336 e. The first-order valence-corrected chi connectivity index (χ1v) is 5.77. The number of carbonyl (C=O) groups is 1. The maximum absolute atomic E-state index is 11.1. The third kappa shape index (κ3) is 2.62. The Morgan fingerprint density at radius 1 is 1.35 bits per heavy atom. The van der Waals surface area contributed by atoms with Gasteiger partial charge in [-0.1, -0.05) is 23.9 Å². The molecule has 0 spiro atoms. The molecule has 17 heavy (non-hydrogen) atoms. The molecule has 0 aliphatic carbocycles. The lowest BCUT2D eigenvalue weighted by Crippen LogP contribution is -2.00. The molecule has 1 aromatic carbocycles. The molecule has 0 saturated carbocycles. The van der Waals surface area contributed by atoms with Crippen LogP contribution in [0.25, 0.3) is 0 Å². The number of aromatic carboxylic acids is 1. The van der Waals surface area contributed by atoms with Gasteiger partial charge in [-0.2, -0.15) is 0 Å². The number of hydrogen-bond donors (Lipinski definition) is 1. The zero-order chi connectivity index (χ0) is 12.3. The fourth-order valence-electron chi connectivity index (χ4n) is 1.40. The van der Waals surface area contributed by atoms with Gasteiger partial charge in [0.25, 0.3) is 0 Å². The van der Waals surface area contributed by atoms with Crippen LogP contribution >= 0.6 is 11.8 Å². The van der Waals surface area contributed by atoms with E-state index in [0.717, 1.165) is 5.56 Å². The van der Waals surface area contributed by atoms with Crippen molar-refractivity contribution < 1.29 is 9.90 Å². The monoisotopic (exact) mass is 246 g/mol. The Morgan fingerprint density at radius 2 is 2.18 bits per heavy atom. The van der Waals surface area contributed by atoms with Crippen molar-refractivity contribution in [2.45, 2.75) is 16.8 Å². The highest BCUT2D eigenvalue weighted by atomic mass is 32.2. The van der Waals surface area contributed by atoms with Crippen molar-refractivity contribution >= 4 is 17.7 Å². The fraction of sp³-hybridized carbons (Fsp3) is 0.0833. The van der Waals surface area contributed by atoms with Crippen LogP contribution < -0.4 is 0 Å². The summed E-state index contributed by atoms with van der Waals surface area (Å²) in [5, 5.41) is 9.80. The number of rotatable bonds is 3. The summed E-state index contributed by atoms with van der Waals surface area (Å²) in [6.07, 6.45) is 4.78. The highest BCUT2D eigenvalue weighted by molar-refractivity contribution is 7.99. The summed E-state index contributed by atoms with van der Waals surface area (Å²) in [4.78, 5) is 19.9. The minimum absolute atomic E-state index is 0.292. The first kappa shape index (κ1) is 11.6. The van der Waals surface area contributed by atoms with Crippen molar-refractivity contribution in [2.75, 3.05) is 0 Å². The largest absolute Gasteiger partial charge is 0.478 e. The van der Waals surface area contributed by atoms with E-state index in [2.05, 4.69) is 9.97 Å². The standard InChI is InChI=1S/C12H10N2O2S/c1-8-3-2-4-9(12(15)16)11(8)17-10-7-13-5-6-14-10/h2-7H,1H3,(H,15,16). The maximum Gasteiger partial charge on any atom is 0.336 e. The van der Waals surface area contributed by atoms with Crippen LogP contribution in [0.4, 0.5) is 0 Å². The van der Waals surface area contributed by atoms with Crippen molar-refractivity contribution in [3.05, 3.63) is 47.9 Å². The Bertz CT molecular complexity index is 543. The van der Waals surface area contributed by atoms with Crippen LogP contribution in [0.2, 0.25) is 0 Å². The predicted molar refractivity (Wildman–Crippen MR) is 64.3 cm³/mol. The number of carboxylic acid groups (broad SMARTS) is 1. The minimum Gasteiger partial charge on any atom is -0.478 e. The fourth-order valence-corrected chi connectivity index (χ4v) is 2.33. The van der Waals surface area contributed by atoms with Gasteiger partial charge < -0.3 is 5.11 Å². The van der Waals surface area contributed by atoms with Crippen molar-refractivity contribution in [3.8, 4) is 0 Å². The molecule has 1 aromatic heterocycles. The number of nitrogens with zero attached hydrogens (tertiary/aromatic N) is 2. The number of aryl methyl sites for hydroxylation is 1. The quantitative estimate of drug-likeness (QED) is 0.902. The molecule has 0 fully saturated rings. The van der Waals surface area contributed by atoms with Gasteiger partial charge in [-0.25, -0.2) is 9.78 Å². The summed E-state index contributed by atoms with van der Waals surface area (Å²) >= 11 is 1.31. The van der Waals surface area contributed by atoms with E-state index in [9.17, 15) is 4.79 Å². The van der Waals surface area contributed by atoms with Gasteiger partial charge in [0.1, 0.15) is 5.03 Å². The van der Waals surface area contributed by atoms with Gasteiger partial charge >= 0.3 is 5.97 Å². The first-order valence-electron chi connectivity index (χ1n) is 4.95. The number of carboxylic acids is 1. The molecule has 2 rings (SSSR count). The molecule has 0 atom stereocenters. The zero-order valence-corrected chi connectivity index (χ0v) is 9.94. The lowest BCUT2D eigenvalue weighted by atomic mass is 10.1. The van der Waals surface area contributed by atoms with E-state index in [1.54, 1.807) is 30.7 Å².